The van der Waals surface area contributed by atoms with Crippen molar-refractivity contribution in [3.8, 4) is 5.75 Å². The fourth-order valence-electron chi connectivity index (χ4n) is 2.80. The first-order chi connectivity index (χ1) is 11.5. The molecule has 0 aliphatic rings. The van der Waals surface area contributed by atoms with E-state index in [9.17, 15) is 4.79 Å². The topological polar surface area (TPSA) is 54.1 Å². The maximum Gasteiger partial charge on any atom is 0.272 e. The van der Waals surface area contributed by atoms with E-state index in [-0.39, 0.29) is 5.91 Å². The van der Waals surface area contributed by atoms with Gasteiger partial charge in [-0.05, 0) is 54.3 Å². The number of carbonyl (C=O) groups is 1. The summed E-state index contributed by atoms with van der Waals surface area (Å²) in [6.45, 7) is 6.24. The van der Waals surface area contributed by atoms with E-state index in [1.807, 2.05) is 49.4 Å². The number of carbonyl (C=O) groups excluding carboxylic acids is 1. The van der Waals surface area contributed by atoms with Crippen LogP contribution in [0.25, 0.3) is 10.9 Å². The number of aromatic nitrogens is 1. The van der Waals surface area contributed by atoms with E-state index in [1.165, 1.54) is 5.56 Å². The van der Waals surface area contributed by atoms with Crippen molar-refractivity contribution in [2.24, 2.45) is 0 Å². The smallest absolute Gasteiger partial charge is 0.272 e. The highest BCUT2D eigenvalue weighted by Gasteiger charge is 2.15. The molecule has 1 heterocycles. The third-order valence-corrected chi connectivity index (χ3v) is 4.33. The summed E-state index contributed by atoms with van der Waals surface area (Å²) in [6, 6.07) is 13.7. The van der Waals surface area contributed by atoms with Crippen LogP contribution in [0.5, 0.6) is 5.75 Å². The van der Waals surface area contributed by atoms with Crippen molar-refractivity contribution in [2.45, 2.75) is 26.7 Å². The van der Waals surface area contributed by atoms with E-state index in [1.54, 1.807) is 7.11 Å². The molecular weight excluding hydrogens is 300 g/mol. The second-order valence-electron chi connectivity index (χ2n) is 6.27. The number of hydrogen-bond acceptors (Lipinski definition) is 2. The first-order valence-corrected chi connectivity index (χ1v) is 8.07. The maximum absolute atomic E-state index is 12.6. The molecule has 0 atom stereocenters. The average Bonchev–Trinajstić information content (AvgIpc) is 2.91. The molecule has 24 heavy (non-hydrogen) atoms. The maximum atomic E-state index is 12.6. The predicted octanol–water partition coefficient (Wildman–Crippen LogP) is 4.86. The summed E-state index contributed by atoms with van der Waals surface area (Å²) in [4.78, 5) is 15.8. The van der Waals surface area contributed by atoms with Crippen LogP contribution in [0.1, 0.15) is 41.4 Å². The molecule has 3 rings (SSSR count). The zero-order valence-electron chi connectivity index (χ0n) is 14.4. The van der Waals surface area contributed by atoms with Crippen molar-refractivity contribution in [1.29, 1.82) is 0 Å². The standard InChI is InChI=1S/C20H22N2O2/c1-12(2)14-5-7-15(8-6-14)21-20(23)19-13(3)17-11-16(24-4)9-10-18(17)22-19/h5-12,22H,1-4H3,(H,21,23). The van der Waals surface area contributed by atoms with Gasteiger partial charge < -0.3 is 15.0 Å². The second kappa shape index (κ2) is 6.40. The number of ether oxygens (including phenoxy) is 1. The minimum Gasteiger partial charge on any atom is -0.497 e. The molecule has 0 radical (unpaired) electrons. The molecule has 0 bridgehead atoms. The molecule has 1 aromatic heterocycles. The summed E-state index contributed by atoms with van der Waals surface area (Å²) in [5, 5.41) is 3.95. The molecule has 124 valence electrons. The molecule has 4 nitrogen and oxygen atoms in total. The van der Waals surface area contributed by atoms with Gasteiger partial charge in [0.2, 0.25) is 0 Å². The molecule has 0 saturated heterocycles. The first-order valence-electron chi connectivity index (χ1n) is 8.07. The van der Waals surface area contributed by atoms with Crippen LogP contribution in [-0.2, 0) is 0 Å². The van der Waals surface area contributed by atoms with E-state index in [0.29, 0.717) is 11.6 Å². The Bertz CT molecular complexity index is 877. The molecular formula is C20H22N2O2. The molecule has 4 heteroatoms. The van der Waals surface area contributed by atoms with Crippen LogP contribution in [-0.4, -0.2) is 18.0 Å². The van der Waals surface area contributed by atoms with Gasteiger partial charge in [-0.1, -0.05) is 26.0 Å². The third kappa shape index (κ3) is 3.00. The van der Waals surface area contributed by atoms with Crippen molar-refractivity contribution in [2.75, 3.05) is 12.4 Å². The zero-order chi connectivity index (χ0) is 17.3. The van der Waals surface area contributed by atoms with Gasteiger partial charge in [-0.2, -0.15) is 0 Å². The van der Waals surface area contributed by atoms with E-state index in [4.69, 9.17) is 4.74 Å². The monoisotopic (exact) mass is 322 g/mol. The number of benzene rings is 2. The summed E-state index contributed by atoms with van der Waals surface area (Å²) in [5.41, 5.74) is 4.46. The minimum atomic E-state index is -0.139. The molecule has 0 fully saturated rings. The fourth-order valence-corrected chi connectivity index (χ4v) is 2.80. The first kappa shape index (κ1) is 16.1. The highest BCUT2D eigenvalue weighted by Crippen LogP contribution is 2.26. The van der Waals surface area contributed by atoms with Crippen LogP contribution in [0, 0.1) is 6.92 Å². The lowest BCUT2D eigenvalue weighted by atomic mass is 10.0. The third-order valence-electron chi connectivity index (χ3n) is 4.33. The highest BCUT2D eigenvalue weighted by molar-refractivity contribution is 6.08. The Kier molecular flexibility index (Phi) is 4.30. The largest absolute Gasteiger partial charge is 0.497 e. The number of amides is 1. The lowest BCUT2D eigenvalue weighted by Gasteiger charge is -2.08. The number of rotatable bonds is 4. The number of hydrogen-bond donors (Lipinski definition) is 2. The minimum absolute atomic E-state index is 0.139. The normalized spacial score (nSPS) is 11.0. The van der Waals surface area contributed by atoms with Crippen LogP contribution in [0.15, 0.2) is 42.5 Å². The Balaban J connectivity index is 1.87. The van der Waals surface area contributed by atoms with E-state index in [0.717, 1.165) is 27.9 Å². The Hall–Kier alpha value is -2.75. The zero-order valence-corrected chi connectivity index (χ0v) is 14.4. The van der Waals surface area contributed by atoms with Crippen molar-refractivity contribution in [1.82, 2.24) is 4.98 Å². The Morgan fingerprint density at radius 2 is 1.83 bits per heavy atom. The Morgan fingerprint density at radius 3 is 2.46 bits per heavy atom. The summed E-state index contributed by atoms with van der Waals surface area (Å²) in [5.74, 6) is 1.11. The van der Waals surface area contributed by atoms with Crippen molar-refractivity contribution >= 4 is 22.5 Å². The molecule has 0 aliphatic heterocycles. The average molecular weight is 322 g/mol. The van der Waals surface area contributed by atoms with Crippen LogP contribution in [0.4, 0.5) is 5.69 Å². The lowest BCUT2D eigenvalue weighted by Crippen LogP contribution is -2.13. The molecule has 2 aromatic carbocycles. The van der Waals surface area contributed by atoms with Gasteiger partial charge in [-0.3, -0.25) is 4.79 Å². The van der Waals surface area contributed by atoms with Crippen molar-refractivity contribution < 1.29 is 9.53 Å². The van der Waals surface area contributed by atoms with Gasteiger partial charge in [0.1, 0.15) is 11.4 Å². The number of H-pyrrole nitrogens is 1. The Morgan fingerprint density at radius 1 is 1.12 bits per heavy atom. The van der Waals surface area contributed by atoms with Crippen LogP contribution >= 0.6 is 0 Å². The molecule has 0 saturated carbocycles. The van der Waals surface area contributed by atoms with Gasteiger partial charge in [0.05, 0.1) is 7.11 Å². The van der Waals surface area contributed by atoms with Gasteiger partial charge in [0.15, 0.2) is 0 Å². The second-order valence-corrected chi connectivity index (χ2v) is 6.27. The van der Waals surface area contributed by atoms with Gasteiger partial charge in [0, 0.05) is 16.6 Å². The number of anilines is 1. The number of fused-ring (bicyclic) bond motifs is 1. The van der Waals surface area contributed by atoms with Crippen molar-refractivity contribution in [3.63, 3.8) is 0 Å². The van der Waals surface area contributed by atoms with Crippen LogP contribution < -0.4 is 10.1 Å². The number of nitrogens with one attached hydrogen (secondary N) is 2. The predicted molar refractivity (Wildman–Crippen MR) is 98.1 cm³/mol. The molecule has 0 aliphatic carbocycles. The van der Waals surface area contributed by atoms with Gasteiger partial charge in [0.25, 0.3) is 5.91 Å². The van der Waals surface area contributed by atoms with E-state index < -0.39 is 0 Å². The summed E-state index contributed by atoms with van der Waals surface area (Å²) >= 11 is 0. The van der Waals surface area contributed by atoms with Gasteiger partial charge in [-0.15, -0.1) is 0 Å². The molecule has 0 unspecified atom stereocenters. The molecule has 3 aromatic rings. The van der Waals surface area contributed by atoms with Gasteiger partial charge >= 0.3 is 0 Å². The summed E-state index contributed by atoms with van der Waals surface area (Å²) < 4.78 is 5.26. The number of methoxy groups -OCH3 is 1. The molecule has 2 N–H and O–H groups in total. The van der Waals surface area contributed by atoms with Crippen molar-refractivity contribution in [3.05, 3.63) is 59.3 Å². The SMILES string of the molecule is COc1ccc2[nH]c(C(=O)Nc3ccc(C(C)C)cc3)c(C)c2c1. The fraction of sp³-hybridized carbons (Fsp3) is 0.250. The van der Waals surface area contributed by atoms with Crippen LogP contribution in [0.2, 0.25) is 0 Å². The Labute approximate surface area is 141 Å². The quantitative estimate of drug-likeness (QED) is 0.720. The number of aromatic amines is 1. The van der Waals surface area contributed by atoms with E-state index >= 15 is 0 Å². The van der Waals surface area contributed by atoms with Gasteiger partial charge in [-0.25, -0.2) is 0 Å². The summed E-state index contributed by atoms with van der Waals surface area (Å²) in [6.07, 6.45) is 0. The molecule has 0 spiro atoms. The molecule has 1 amide bonds. The van der Waals surface area contributed by atoms with Crippen LogP contribution in [0.3, 0.4) is 0 Å². The highest BCUT2D eigenvalue weighted by atomic mass is 16.5. The van der Waals surface area contributed by atoms with E-state index in [2.05, 4.69) is 24.1 Å². The lowest BCUT2D eigenvalue weighted by molar-refractivity contribution is 0.102. The number of aryl methyl sites for hydroxylation is 1. The summed E-state index contributed by atoms with van der Waals surface area (Å²) in [7, 11) is 1.64.